The second-order valence-electron chi connectivity index (χ2n) is 6.27. The standard InChI is InChI=1S/C20H21N3O3/c24-20(10-9-17-5-2-1-3-6-17)22-13-11-21(12-14-22)16-18-7-4-8-19(15-18)23(25)26/h1-10,15H,11-14,16H2. The molecular weight excluding hydrogens is 330 g/mol. The summed E-state index contributed by atoms with van der Waals surface area (Å²) in [7, 11) is 0. The number of benzene rings is 2. The van der Waals surface area contributed by atoms with Crippen LogP contribution in [0.5, 0.6) is 0 Å². The van der Waals surface area contributed by atoms with E-state index in [1.807, 2.05) is 47.4 Å². The van der Waals surface area contributed by atoms with Crippen LogP contribution >= 0.6 is 0 Å². The summed E-state index contributed by atoms with van der Waals surface area (Å²) in [5.74, 6) is 0.0175. The normalized spacial score (nSPS) is 15.3. The zero-order chi connectivity index (χ0) is 18.4. The maximum atomic E-state index is 12.3. The van der Waals surface area contributed by atoms with Gasteiger partial charge in [0.2, 0.25) is 5.91 Å². The topological polar surface area (TPSA) is 66.7 Å². The summed E-state index contributed by atoms with van der Waals surface area (Å²) in [4.78, 5) is 26.8. The van der Waals surface area contributed by atoms with E-state index in [1.165, 1.54) is 6.07 Å². The molecule has 1 aliphatic heterocycles. The SMILES string of the molecule is O=C(C=Cc1ccccc1)N1CCN(Cc2cccc([N+](=O)[O-])c2)CC1. The number of non-ortho nitro benzene ring substituents is 1. The Bertz CT molecular complexity index is 797. The molecule has 3 rings (SSSR count). The van der Waals surface area contributed by atoms with Gasteiger partial charge in [0.1, 0.15) is 0 Å². The Morgan fingerprint density at radius 1 is 1.04 bits per heavy atom. The molecule has 0 N–H and O–H groups in total. The van der Waals surface area contributed by atoms with Gasteiger partial charge >= 0.3 is 0 Å². The molecule has 0 spiro atoms. The van der Waals surface area contributed by atoms with Crippen molar-refractivity contribution in [2.45, 2.75) is 6.54 Å². The Kier molecular flexibility index (Phi) is 5.76. The van der Waals surface area contributed by atoms with Crippen molar-refractivity contribution in [2.24, 2.45) is 0 Å². The first-order valence-corrected chi connectivity index (χ1v) is 8.59. The third-order valence-corrected chi connectivity index (χ3v) is 4.43. The number of rotatable bonds is 5. The summed E-state index contributed by atoms with van der Waals surface area (Å²) in [6, 6.07) is 16.5. The minimum Gasteiger partial charge on any atom is -0.337 e. The molecule has 1 fully saturated rings. The van der Waals surface area contributed by atoms with Crippen LogP contribution in [0.3, 0.4) is 0 Å². The van der Waals surface area contributed by atoms with E-state index in [9.17, 15) is 14.9 Å². The number of carbonyl (C=O) groups is 1. The molecule has 0 aromatic heterocycles. The van der Waals surface area contributed by atoms with Gasteiger partial charge in [0.25, 0.3) is 5.69 Å². The van der Waals surface area contributed by atoms with E-state index in [-0.39, 0.29) is 16.5 Å². The van der Waals surface area contributed by atoms with Gasteiger partial charge in [-0.25, -0.2) is 0 Å². The number of nitrogens with zero attached hydrogens (tertiary/aromatic N) is 3. The fraction of sp³-hybridized carbons (Fsp3) is 0.250. The van der Waals surface area contributed by atoms with Gasteiger partial charge in [0, 0.05) is 50.9 Å². The van der Waals surface area contributed by atoms with Crippen molar-refractivity contribution >= 4 is 17.7 Å². The molecule has 0 aliphatic carbocycles. The van der Waals surface area contributed by atoms with Gasteiger partial charge in [-0.3, -0.25) is 19.8 Å². The van der Waals surface area contributed by atoms with Crippen molar-refractivity contribution < 1.29 is 9.72 Å². The highest BCUT2D eigenvalue weighted by molar-refractivity contribution is 5.91. The first-order chi connectivity index (χ1) is 12.6. The van der Waals surface area contributed by atoms with Crippen LogP contribution in [0.15, 0.2) is 60.7 Å². The van der Waals surface area contributed by atoms with Crippen molar-refractivity contribution in [3.63, 3.8) is 0 Å². The molecule has 0 radical (unpaired) electrons. The Balaban J connectivity index is 1.51. The number of nitro groups is 1. The second kappa shape index (κ2) is 8.40. The average Bonchev–Trinajstić information content (AvgIpc) is 2.68. The summed E-state index contributed by atoms with van der Waals surface area (Å²) in [6.07, 6.45) is 3.45. The van der Waals surface area contributed by atoms with Gasteiger partial charge in [-0.1, -0.05) is 42.5 Å². The molecule has 134 valence electrons. The molecule has 0 saturated carbocycles. The summed E-state index contributed by atoms with van der Waals surface area (Å²) in [5.41, 5.74) is 2.04. The van der Waals surface area contributed by atoms with E-state index in [0.29, 0.717) is 19.6 Å². The van der Waals surface area contributed by atoms with Crippen molar-refractivity contribution in [2.75, 3.05) is 26.2 Å². The minimum absolute atomic E-state index is 0.0175. The fourth-order valence-corrected chi connectivity index (χ4v) is 2.99. The molecule has 6 nitrogen and oxygen atoms in total. The van der Waals surface area contributed by atoms with Gasteiger partial charge in [0.05, 0.1) is 4.92 Å². The lowest BCUT2D eigenvalue weighted by atomic mass is 10.1. The van der Waals surface area contributed by atoms with Crippen molar-refractivity contribution in [1.82, 2.24) is 9.80 Å². The fourth-order valence-electron chi connectivity index (χ4n) is 2.99. The zero-order valence-electron chi connectivity index (χ0n) is 14.5. The van der Waals surface area contributed by atoms with Crippen LogP contribution < -0.4 is 0 Å². The van der Waals surface area contributed by atoms with E-state index >= 15 is 0 Å². The Morgan fingerprint density at radius 2 is 1.77 bits per heavy atom. The van der Waals surface area contributed by atoms with Crippen molar-refractivity contribution in [3.8, 4) is 0 Å². The van der Waals surface area contributed by atoms with Crippen molar-refractivity contribution in [1.29, 1.82) is 0 Å². The van der Waals surface area contributed by atoms with Crippen LogP contribution in [0, 0.1) is 10.1 Å². The molecule has 0 unspecified atom stereocenters. The quantitative estimate of drug-likeness (QED) is 0.472. The second-order valence-corrected chi connectivity index (χ2v) is 6.27. The Morgan fingerprint density at radius 3 is 2.46 bits per heavy atom. The smallest absolute Gasteiger partial charge is 0.269 e. The number of amides is 1. The third kappa shape index (κ3) is 4.77. The first kappa shape index (κ1) is 17.8. The molecule has 1 saturated heterocycles. The Labute approximate surface area is 152 Å². The summed E-state index contributed by atoms with van der Waals surface area (Å²) in [5, 5.41) is 10.9. The predicted molar refractivity (Wildman–Crippen MR) is 100 cm³/mol. The van der Waals surface area contributed by atoms with Gasteiger partial charge in [-0.15, -0.1) is 0 Å². The first-order valence-electron chi connectivity index (χ1n) is 8.59. The molecule has 2 aromatic rings. The lowest BCUT2D eigenvalue weighted by Crippen LogP contribution is -2.47. The summed E-state index contributed by atoms with van der Waals surface area (Å²) < 4.78 is 0. The Hall–Kier alpha value is -2.99. The predicted octanol–water partition coefficient (Wildman–Crippen LogP) is 2.95. The number of hydrogen-bond donors (Lipinski definition) is 0. The monoisotopic (exact) mass is 351 g/mol. The number of carbonyl (C=O) groups excluding carboxylic acids is 1. The van der Waals surface area contributed by atoms with E-state index < -0.39 is 0 Å². The summed E-state index contributed by atoms with van der Waals surface area (Å²) in [6.45, 7) is 3.49. The molecule has 26 heavy (non-hydrogen) atoms. The average molecular weight is 351 g/mol. The molecular formula is C20H21N3O3. The van der Waals surface area contributed by atoms with E-state index in [0.717, 1.165) is 24.2 Å². The van der Waals surface area contributed by atoms with Crippen LogP contribution in [-0.2, 0) is 11.3 Å². The molecule has 1 heterocycles. The molecule has 1 amide bonds. The highest BCUT2D eigenvalue weighted by Gasteiger charge is 2.20. The molecule has 0 atom stereocenters. The van der Waals surface area contributed by atoms with Gasteiger partial charge in [-0.05, 0) is 17.2 Å². The number of piperazine rings is 1. The maximum Gasteiger partial charge on any atom is 0.269 e. The minimum atomic E-state index is -0.376. The third-order valence-electron chi connectivity index (χ3n) is 4.43. The largest absolute Gasteiger partial charge is 0.337 e. The van der Waals surface area contributed by atoms with E-state index in [2.05, 4.69) is 4.90 Å². The van der Waals surface area contributed by atoms with E-state index in [4.69, 9.17) is 0 Å². The zero-order valence-corrected chi connectivity index (χ0v) is 14.5. The van der Waals surface area contributed by atoms with Crippen LogP contribution in [0.2, 0.25) is 0 Å². The summed E-state index contributed by atoms with van der Waals surface area (Å²) >= 11 is 0. The highest BCUT2D eigenvalue weighted by Crippen LogP contribution is 2.16. The number of hydrogen-bond acceptors (Lipinski definition) is 4. The lowest BCUT2D eigenvalue weighted by molar-refractivity contribution is -0.384. The van der Waals surface area contributed by atoms with Crippen LogP contribution in [0.25, 0.3) is 6.08 Å². The van der Waals surface area contributed by atoms with Gasteiger partial charge < -0.3 is 4.90 Å². The van der Waals surface area contributed by atoms with E-state index in [1.54, 1.807) is 18.2 Å². The highest BCUT2D eigenvalue weighted by atomic mass is 16.6. The van der Waals surface area contributed by atoms with Crippen molar-refractivity contribution in [3.05, 3.63) is 81.9 Å². The maximum absolute atomic E-state index is 12.3. The molecule has 1 aliphatic rings. The van der Waals surface area contributed by atoms with Gasteiger partial charge in [0.15, 0.2) is 0 Å². The van der Waals surface area contributed by atoms with Crippen LogP contribution in [0.1, 0.15) is 11.1 Å². The van der Waals surface area contributed by atoms with Gasteiger partial charge in [-0.2, -0.15) is 0 Å². The number of nitro benzene ring substituents is 1. The van der Waals surface area contributed by atoms with Crippen LogP contribution in [0.4, 0.5) is 5.69 Å². The molecule has 0 bridgehead atoms. The molecule has 6 heteroatoms. The lowest BCUT2D eigenvalue weighted by Gasteiger charge is -2.34. The molecule has 2 aromatic carbocycles. The van der Waals surface area contributed by atoms with Crippen LogP contribution in [-0.4, -0.2) is 46.8 Å².